The Kier molecular flexibility index (Phi) is 5.35. The standard InChI is InChI=1S/C22H23B2N3O3S2/c1-25-17-5-3-4-16(9-17)19-10-18-20(32-19)8-15(12-28-2)11-22(18)6-7-31-21(26-22)27(23-13-29-23)24-14-30-24/h3-5,9-10,15H,6-8,11-14H2,2H3. The minimum atomic E-state index is -0.231. The van der Waals surface area contributed by atoms with Gasteiger partial charge in [-0.15, -0.1) is 11.3 Å². The van der Waals surface area contributed by atoms with Gasteiger partial charge in [-0.05, 0) is 48.4 Å². The molecular weight excluding hydrogens is 440 g/mol. The molecule has 0 N–H and O–H groups in total. The number of ether oxygens (including phenoxy) is 1. The summed E-state index contributed by atoms with van der Waals surface area (Å²) < 4.78 is 19.1. The Labute approximate surface area is 197 Å². The van der Waals surface area contributed by atoms with Gasteiger partial charge in [0.1, 0.15) is 5.17 Å². The van der Waals surface area contributed by atoms with E-state index >= 15 is 0 Å². The van der Waals surface area contributed by atoms with E-state index in [0.29, 0.717) is 11.6 Å². The van der Waals surface area contributed by atoms with Gasteiger partial charge in [-0.1, -0.05) is 30.0 Å². The lowest BCUT2D eigenvalue weighted by Crippen LogP contribution is -2.45. The molecule has 10 heteroatoms. The van der Waals surface area contributed by atoms with Crippen molar-refractivity contribution in [2.24, 2.45) is 10.9 Å². The number of thioether (sulfide) groups is 1. The fourth-order valence-corrected chi connectivity index (χ4v) is 7.63. The van der Waals surface area contributed by atoms with Crippen molar-refractivity contribution >= 4 is 48.1 Å². The zero-order chi connectivity index (χ0) is 21.7. The minimum Gasteiger partial charge on any atom is -0.418 e. The van der Waals surface area contributed by atoms with E-state index in [1.54, 1.807) is 7.11 Å². The van der Waals surface area contributed by atoms with Crippen LogP contribution < -0.4 is 0 Å². The molecule has 4 heterocycles. The fraction of sp³-hybridized carbons (Fsp3) is 0.455. The monoisotopic (exact) mass is 463 g/mol. The van der Waals surface area contributed by atoms with Gasteiger partial charge in [0, 0.05) is 29.2 Å². The number of benzene rings is 1. The third kappa shape index (κ3) is 3.80. The van der Waals surface area contributed by atoms with Crippen LogP contribution in [0.5, 0.6) is 0 Å². The molecule has 32 heavy (non-hydrogen) atoms. The third-order valence-corrected chi connectivity index (χ3v) is 8.78. The zero-order valence-corrected chi connectivity index (χ0v) is 19.6. The van der Waals surface area contributed by atoms with Gasteiger partial charge in [-0.25, -0.2) is 4.85 Å². The normalized spacial score (nSPS) is 25.9. The van der Waals surface area contributed by atoms with Crippen LogP contribution in [0.4, 0.5) is 5.69 Å². The van der Waals surface area contributed by atoms with E-state index < -0.39 is 0 Å². The molecule has 6 nitrogen and oxygen atoms in total. The van der Waals surface area contributed by atoms with Gasteiger partial charge < -0.3 is 18.8 Å². The number of amidine groups is 1. The van der Waals surface area contributed by atoms with Crippen molar-refractivity contribution in [2.45, 2.75) is 24.8 Å². The van der Waals surface area contributed by atoms with Gasteiger partial charge in [0.25, 0.3) is 0 Å². The molecule has 3 aliphatic heterocycles. The molecule has 2 aromatic rings. The summed E-state index contributed by atoms with van der Waals surface area (Å²) in [5.41, 5.74) is 2.93. The maximum Gasteiger partial charge on any atom is 0.431 e. The van der Waals surface area contributed by atoms with Gasteiger partial charge in [0.05, 0.1) is 25.1 Å². The summed E-state index contributed by atoms with van der Waals surface area (Å²) in [6.07, 6.45) is 3.05. The van der Waals surface area contributed by atoms with Crippen molar-refractivity contribution in [1.29, 1.82) is 0 Å². The number of thiophene rings is 1. The Hall–Kier alpha value is -1.76. The first-order chi connectivity index (χ1) is 15.7. The maximum atomic E-state index is 7.37. The van der Waals surface area contributed by atoms with E-state index in [9.17, 15) is 0 Å². The highest BCUT2D eigenvalue weighted by molar-refractivity contribution is 8.14. The molecule has 1 aromatic carbocycles. The maximum absolute atomic E-state index is 7.37. The Balaban J connectivity index is 1.43. The summed E-state index contributed by atoms with van der Waals surface area (Å²) >= 11 is 3.68. The van der Waals surface area contributed by atoms with Crippen LogP contribution in [0.25, 0.3) is 15.3 Å². The summed E-state index contributed by atoms with van der Waals surface area (Å²) in [6.45, 7) is 9.63. The largest absolute Gasteiger partial charge is 0.431 e. The molecule has 1 spiro atoms. The predicted molar refractivity (Wildman–Crippen MR) is 131 cm³/mol. The Morgan fingerprint density at radius 3 is 2.84 bits per heavy atom. The quantitative estimate of drug-likeness (QED) is 0.377. The van der Waals surface area contributed by atoms with E-state index in [0.717, 1.165) is 55.4 Å². The molecule has 1 aliphatic carbocycles. The lowest BCUT2D eigenvalue weighted by atomic mass is 9.73. The molecule has 2 atom stereocenters. The predicted octanol–water partition coefficient (Wildman–Crippen LogP) is 4.28. The molecule has 1 aromatic heterocycles. The number of hydrogen-bond donors (Lipinski definition) is 0. The van der Waals surface area contributed by atoms with Crippen LogP contribution in [-0.4, -0.2) is 56.5 Å². The average Bonchev–Trinajstić information content (AvgIpc) is 3.75. The van der Waals surface area contributed by atoms with E-state index in [1.807, 2.05) is 41.3 Å². The zero-order valence-electron chi connectivity index (χ0n) is 18.0. The van der Waals surface area contributed by atoms with Crippen molar-refractivity contribution in [1.82, 2.24) is 4.72 Å². The van der Waals surface area contributed by atoms with Gasteiger partial charge in [-0.2, -0.15) is 0 Å². The molecule has 2 saturated heterocycles. The third-order valence-electron chi connectivity index (χ3n) is 6.60. The number of aliphatic imine (C=N–C) groups is 1. The molecule has 0 bridgehead atoms. The van der Waals surface area contributed by atoms with E-state index in [1.165, 1.54) is 15.3 Å². The Bertz CT molecular complexity index is 1100. The summed E-state index contributed by atoms with van der Waals surface area (Å²) in [7, 11) is 2.01. The van der Waals surface area contributed by atoms with Crippen LogP contribution in [0, 0.1) is 12.5 Å². The fourth-order valence-electron chi connectivity index (χ4n) is 5.02. The molecule has 0 saturated carbocycles. The molecule has 2 fully saturated rings. The molecule has 0 amide bonds. The topological polar surface area (TPSA) is 54.2 Å². The lowest BCUT2D eigenvalue weighted by molar-refractivity contribution is 0.125. The Morgan fingerprint density at radius 1 is 1.31 bits per heavy atom. The average molecular weight is 463 g/mol. The second-order valence-electron chi connectivity index (χ2n) is 8.85. The number of rotatable bonds is 5. The number of nitrogens with zero attached hydrogens (tertiary/aromatic N) is 3. The van der Waals surface area contributed by atoms with Crippen LogP contribution in [-0.2, 0) is 26.0 Å². The van der Waals surface area contributed by atoms with Crippen LogP contribution in [0.15, 0.2) is 35.3 Å². The molecule has 0 radical (unpaired) electrons. The van der Waals surface area contributed by atoms with Crippen molar-refractivity contribution in [3.8, 4) is 10.4 Å². The molecule has 6 rings (SSSR count). The highest BCUT2D eigenvalue weighted by Crippen LogP contribution is 2.51. The van der Waals surface area contributed by atoms with Gasteiger partial charge in [0.15, 0.2) is 5.69 Å². The molecule has 162 valence electrons. The second kappa shape index (κ2) is 8.23. The van der Waals surface area contributed by atoms with Crippen LogP contribution in [0.1, 0.15) is 23.3 Å². The van der Waals surface area contributed by atoms with Crippen LogP contribution in [0.2, 0.25) is 0 Å². The van der Waals surface area contributed by atoms with E-state index in [2.05, 4.69) is 21.7 Å². The van der Waals surface area contributed by atoms with E-state index in [-0.39, 0.29) is 19.6 Å². The van der Waals surface area contributed by atoms with Crippen molar-refractivity contribution in [2.75, 3.05) is 32.5 Å². The molecular formula is C22H23B2N3O3S2. The van der Waals surface area contributed by atoms with Crippen LogP contribution >= 0.6 is 23.1 Å². The first-order valence-electron chi connectivity index (χ1n) is 11.0. The first kappa shape index (κ1) is 20.8. The van der Waals surface area contributed by atoms with Gasteiger partial charge >= 0.3 is 14.1 Å². The van der Waals surface area contributed by atoms with Gasteiger partial charge in [-0.3, -0.25) is 4.99 Å². The molecule has 2 unspecified atom stereocenters. The van der Waals surface area contributed by atoms with Crippen molar-refractivity contribution in [3.05, 3.63) is 52.2 Å². The highest BCUT2D eigenvalue weighted by atomic mass is 32.2. The van der Waals surface area contributed by atoms with Crippen molar-refractivity contribution < 1.29 is 14.0 Å². The molecule has 4 aliphatic rings. The Morgan fingerprint density at radius 2 is 2.12 bits per heavy atom. The summed E-state index contributed by atoms with van der Waals surface area (Å²) in [4.78, 5) is 11.7. The summed E-state index contributed by atoms with van der Waals surface area (Å²) in [6, 6.07) is 10.3. The first-order valence-corrected chi connectivity index (χ1v) is 12.8. The van der Waals surface area contributed by atoms with Crippen molar-refractivity contribution in [3.63, 3.8) is 0 Å². The summed E-state index contributed by atoms with van der Waals surface area (Å²) in [5.74, 6) is 1.48. The lowest BCUT2D eigenvalue weighted by Gasteiger charge is -2.42. The number of methoxy groups -OCH3 is 1. The number of hydrogen-bond acceptors (Lipinski definition) is 7. The van der Waals surface area contributed by atoms with E-state index in [4.69, 9.17) is 25.6 Å². The SMILES string of the molecule is [C-]#[N+]c1cccc(-c2cc3c(s2)CC(COC)CC32CCSC(N(B3CO3)B3CO3)=N2)c1. The van der Waals surface area contributed by atoms with Crippen LogP contribution in [0.3, 0.4) is 0 Å². The van der Waals surface area contributed by atoms with Gasteiger partial charge in [0.2, 0.25) is 0 Å². The highest BCUT2D eigenvalue weighted by Gasteiger charge is 2.53. The second-order valence-corrected chi connectivity index (χ2v) is 11.0. The summed E-state index contributed by atoms with van der Waals surface area (Å²) in [5, 5.41) is 1.06. The minimum absolute atomic E-state index is 0.108. The smallest absolute Gasteiger partial charge is 0.418 e. The number of fused-ring (bicyclic) bond motifs is 2.